The van der Waals surface area contributed by atoms with E-state index in [1.54, 1.807) is 25.1 Å². The van der Waals surface area contributed by atoms with Crippen molar-refractivity contribution in [2.24, 2.45) is 5.73 Å². The van der Waals surface area contributed by atoms with Crippen molar-refractivity contribution >= 4 is 0 Å². The monoisotopic (exact) mass is 425 g/mol. The van der Waals surface area contributed by atoms with Crippen LogP contribution in [-0.2, 0) is 12.7 Å². The molecule has 0 saturated heterocycles. The maximum absolute atomic E-state index is 12.8. The predicted octanol–water partition coefficient (Wildman–Crippen LogP) is 3.53. The fraction of sp³-hybridized carbons (Fsp3) is 0.211. The summed E-state index contributed by atoms with van der Waals surface area (Å²) >= 11 is 0. The van der Waals surface area contributed by atoms with Crippen LogP contribution in [0.25, 0.3) is 16.8 Å². The maximum atomic E-state index is 12.8. The van der Waals surface area contributed by atoms with E-state index in [9.17, 15) is 26.7 Å². The number of benzene rings is 1. The summed E-state index contributed by atoms with van der Waals surface area (Å²) < 4.78 is 65.9. The highest BCUT2D eigenvalue weighted by atomic mass is 19.4. The summed E-state index contributed by atoms with van der Waals surface area (Å²) in [7, 11) is 0. The van der Waals surface area contributed by atoms with Crippen molar-refractivity contribution in [1.29, 1.82) is 0 Å². The third-order valence-electron chi connectivity index (χ3n) is 4.52. The first kappa shape index (κ1) is 21.4. The molecule has 2 heterocycles. The number of nitrogens with two attached hydrogens (primary N) is 1. The van der Waals surface area contributed by atoms with Crippen LogP contribution in [0.5, 0.6) is 0 Å². The lowest BCUT2D eigenvalue weighted by atomic mass is 10.0. The van der Waals surface area contributed by atoms with Crippen LogP contribution >= 0.6 is 0 Å². The molecule has 3 rings (SSSR count). The topological polar surface area (TPSA) is 78.7 Å². The molecular weight excluding hydrogens is 409 g/mol. The molecule has 11 heteroatoms. The number of hydrogen-bond donors (Lipinski definition) is 1. The van der Waals surface area contributed by atoms with Crippen molar-refractivity contribution in [3.8, 4) is 16.8 Å². The second-order valence-electron chi connectivity index (χ2n) is 6.39. The molecule has 6 nitrogen and oxygen atoms in total. The minimum atomic E-state index is -4.55. The first-order valence-corrected chi connectivity index (χ1v) is 8.64. The zero-order chi connectivity index (χ0) is 22.1. The van der Waals surface area contributed by atoms with Gasteiger partial charge in [-0.3, -0.25) is 4.98 Å². The van der Waals surface area contributed by atoms with Gasteiger partial charge in [-0.1, -0.05) is 18.2 Å². The summed E-state index contributed by atoms with van der Waals surface area (Å²) in [4.78, 5) is 16.1. The van der Waals surface area contributed by atoms with Gasteiger partial charge in [0, 0.05) is 23.9 Å². The summed E-state index contributed by atoms with van der Waals surface area (Å²) in [6, 6.07) is 7.06. The van der Waals surface area contributed by atoms with E-state index in [0.29, 0.717) is 22.4 Å². The van der Waals surface area contributed by atoms with E-state index in [2.05, 4.69) is 10.1 Å². The van der Waals surface area contributed by atoms with Crippen LogP contribution in [0.4, 0.5) is 22.0 Å². The van der Waals surface area contributed by atoms with Gasteiger partial charge >= 0.3 is 11.9 Å². The Morgan fingerprint density at radius 1 is 1.17 bits per heavy atom. The van der Waals surface area contributed by atoms with Gasteiger partial charge in [-0.25, -0.2) is 14.0 Å². The molecule has 0 bridgehead atoms. The lowest BCUT2D eigenvalue weighted by molar-refractivity contribution is -0.141. The summed E-state index contributed by atoms with van der Waals surface area (Å²) in [6.45, 7) is 0.807. The number of halogens is 5. The molecule has 158 valence electrons. The Labute approximate surface area is 167 Å². The van der Waals surface area contributed by atoms with Gasteiger partial charge in [0.15, 0.2) is 0 Å². The van der Waals surface area contributed by atoms with Gasteiger partial charge in [-0.2, -0.15) is 27.1 Å². The predicted molar refractivity (Wildman–Crippen MR) is 99.1 cm³/mol. The molecule has 0 aliphatic carbocycles. The highest BCUT2D eigenvalue weighted by Crippen LogP contribution is 2.31. The Hall–Kier alpha value is -3.34. The average Bonchev–Trinajstić information content (AvgIpc) is 3.05. The fourth-order valence-corrected chi connectivity index (χ4v) is 2.91. The van der Waals surface area contributed by atoms with Gasteiger partial charge in [0.1, 0.15) is 12.0 Å². The standard InChI is InChI=1S/C19H16F5N5O/c1-11-14(12-5-6-16(26-8-12)19(22,23)24)3-2-4-15(11)28-10-27-29(18(28)30)9-13(7-25)17(20)21/h2-6,8,10H,7,9,25H2,1H3. The van der Waals surface area contributed by atoms with Gasteiger partial charge in [0.2, 0.25) is 0 Å². The maximum Gasteiger partial charge on any atom is 0.433 e. The number of hydrogen-bond acceptors (Lipinski definition) is 4. The molecule has 2 aromatic heterocycles. The smallest absolute Gasteiger partial charge is 0.327 e. The van der Waals surface area contributed by atoms with Gasteiger partial charge in [0.25, 0.3) is 6.08 Å². The number of rotatable bonds is 5. The molecule has 0 spiro atoms. The fourth-order valence-electron chi connectivity index (χ4n) is 2.91. The van der Waals surface area contributed by atoms with E-state index in [1.165, 1.54) is 17.0 Å². The minimum Gasteiger partial charge on any atom is -0.327 e. The second-order valence-corrected chi connectivity index (χ2v) is 6.39. The molecule has 0 saturated carbocycles. The number of pyridine rings is 1. The lowest BCUT2D eigenvalue weighted by Gasteiger charge is -2.12. The Kier molecular flexibility index (Phi) is 5.83. The third kappa shape index (κ3) is 4.15. The largest absolute Gasteiger partial charge is 0.433 e. The van der Waals surface area contributed by atoms with Gasteiger partial charge < -0.3 is 5.73 Å². The van der Waals surface area contributed by atoms with Crippen molar-refractivity contribution in [3.63, 3.8) is 0 Å². The number of nitrogens with zero attached hydrogens (tertiary/aromatic N) is 4. The van der Waals surface area contributed by atoms with Crippen molar-refractivity contribution in [2.45, 2.75) is 19.6 Å². The molecular formula is C19H16F5N5O. The lowest BCUT2D eigenvalue weighted by Crippen LogP contribution is -2.26. The van der Waals surface area contributed by atoms with E-state index >= 15 is 0 Å². The van der Waals surface area contributed by atoms with E-state index < -0.39 is 42.3 Å². The van der Waals surface area contributed by atoms with E-state index in [1.807, 2.05) is 0 Å². The molecule has 1 aromatic carbocycles. The quantitative estimate of drug-likeness (QED) is 0.635. The Morgan fingerprint density at radius 2 is 1.90 bits per heavy atom. The summed E-state index contributed by atoms with van der Waals surface area (Å²) in [5, 5.41) is 3.85. The van der Waals surface area contributed by atoms with Crippen molar-refractivity contribution < 1.29 is 22.0 Å². The van der Waals surface area contributed by atoms with Crippen LogP contribution in [0, 0.1) is 6.92 Å². The molecule has 3 aromatic rings. The van der Waals surface area contributed by atoms with Crippen molar-refractivity contribution in [3.05, 3.63) is 76.3 Å². The van der Waals surface area contributed by atoms with E-state index in [0.717, 1.165) is 16.9 Å². The van der Waals surface area contributed by atoms with Crippen LogP contribution < -0.4 is 11.4 Å². The molecule has 2 N–H and O–H groups in total. The molecule has 0 radical (unpaired) electrons. The molecule has 0 atom stereocenters. The summed E-state index contributed by atoms with van der Waals surface area (Å²) in [5.74, 6) is 0. The molecule has 0 fully saturated rings. The van der Waals surface area contributed by atoms with E-state index in [-0.39, 0.29) is 0 Å². The zero-order valence-corrected chi connectivity index (χ0v) is 15.6. The summed E-state index contributed by atoms with van der Waals surface area (Å²) in [6.07, 6.45) is -4.23. The van der Waals surface area contributed by atoms with Gasteiger partial charge in [-0.05, 0) is 30.2 Å². The van der Waals surface area contributed by atoms with Crippen LogP contribution in [0.3, 0.4) is 0 Å². The molecule has 30 heavy (non-hydrogen) atoms. The highest BCUT2D eigenvalue weighted by Gasteiger charge is 2.32. The Balaban J connectivity index is 2.00. The second kappa shape index (κ2) is 8.19. The third-order valence-corrected chi connectivity index (χ3v) is 4.52. The number of alkyl halides is 3. The van der Waals surface area contributed by atoms with Gasteiger partial charge in [-0.15, -0.1) is 0 Å². The SMILES string of the molecule is Cc1c(-c2ccc(C(F)(F)F)nc2)cccc1-n1cnn(CC(CN)=C(F)F)c1=O. The Bertz CT molecular complexity index is 1140. The van der Waals surface area contributed by atoms with Crippen LogP contribution in [0.2, 0.25) is 0 Å². The Morgan fingerprint density at radius 3 is 2.47 bits per heavy atom. The van der Waals surface area contributed by atoms with Crippen molar-refractivity contribution in [2.75, 3.05) is 6.54 Å². The van der Waals surface area contributed by atoms with Gasteiger partial charge in [0.05, 0.1) is 12.2 Å². The highest BCUT2D eigenvalue weighted by molar-refractivity contribution is 5.70. The van der Waals surface area contributed by atoms with Crippen LogP contribution in [0.15, 0.2) is 59.3 Å². The molecule has 0 amide bonds. The first-order valence-electron chi connectivity index (χ1n) is 8.64. The minimum absolute atomic E-state index is 0.405. The summed E-state index contributed by atoms with van der Waals surface area (Å²) in [5.41, 5.74) is 5.15. The first-order chi connectivity index (χ1) is 14.1. The average molecular weight is 425 g/mol. The van der Waals surface area contributed by atoms with Crippen molar-refractivity contribution in [1.82, 2.24) is 19.3 Å². The van der Waals surface area contributed by atoms with E-state index in [4.69, 9.17) is 5.73 Å². The molecule has 0 unspecified atom stereocenters. The van der Waals surface area contributed by atoms with Crippen LogP contribution in [0.1, 0.15) is 11.3 Å². The molecule has 0 aliphatic heterocycles. The molecule has 0 aliphatic rings. The number of aromatic nitrogens is 4. The normalized spacial score (nSPS) is 11.6. The van der Waals surface area contributed by atoms with Crippen LogP contribution in [-0.4, -0.2) is 25.9 Å². The zero-order valence-electron chi connectivity index (χ0n) is 15.6.